The molecule has 2 N–H and O–H groups in total. The molecular weight excluding hydrogens is 212 g/mol. The van der Waals surface area contributed by atoms with Crippen LogP contribution in [0, 0.1) is 5.92 Å². The summed E-state index contributed by atoms with van der Waals surface area (Å²) in [6, 6.07) is 0. The van der Waals surface area contributed by atoms with Crippen LogP contribution in [0.4, 0.5) is 0 Å². The second kappa shape index (κ2) is 6.45. The summed E-state index contributed by atoms with van der Waals surface area (Å²) in [6.45, 7) is 1.36. The van der Waals surface area contributed by atoms with Crippen LogP contribution >= 0.6 is 0 Å². The number of rotatable bonds is 9. The second-order valence-corrected chi connectivity index (χ2v) is 6.18. The Morgan fingerprint density at radius 1 is 1.20 bits per heavy atom. The predicted octanol–water partition coefficient (Wildman–Crippen LogP) is 0.706. The minimum Gasteiger partial charge on any atom is -0.320 e. The van der Waals surface area contributed by atoms with Gasteiger partial charge in [0.1, 0.15) is 0 Å². The molecule has 0 saturated heterocycles. The van der Waals surface area contributed by atoms with E-state index in [-0.39, 0.29) is 5.75 Å². The van der Waals surface area contributed by atoms with Crippen molar-refractivity contribution in [3.05, 3.63) is 0 Å². The van der Waals surface area contributed by atoms with Crippen molar-refractivity contribution in [3.8, 4) is 0 Å². The molecule has 1 aliphatic rings. The largest absolute Gasteiger partial charge is 0.320 e. The summed E-state index contributed by atoms with van der Waals surface area (Å²) in [6.07, 6.45) is 5.52. The highest BCUT2D eigenvalue weighted by Crippen LogP contribution is 2.33. The van der Waals surface area contributed by atoms with Crippen molar-refractivity contribution in [2.45, 2.75) is 32.1 Å². The molecule has 15 heavy (non-hydrogen) atoms. The molecule has 0 unspecified atom stereocenters. The Balaban J connectivity index is 2.00. The molecule has 0 aromatic rings. The van der Waals surface area contributed by atoms with Crippen LogP contribution < -0.4 is 10.0 Å². The third kappa shape index (κ3) is 6.87. The Labute approximate surface area is 92.9 Å². The lowest BCUT2D eigenvalue weighted by Crippen LogP contribution is -2.28. The van der Waals surface area contributed by atoms with Crippen molar-refractivity contribution in [2.24, 2.45) is 5.92 Å². The molecule has 0 aliphatic heterocycles. The van der Waals surface area contributed by atoms with Crippen LogP contribution in [0.2, 0.25) is 0 Å². The van der Waals surface area contributed by atoms with E-state index < -0.39 is 10.0 Å². The van der Waals surface area contributed by atoms with E-state index in [2.05, 4.69) is 10.0 Å². The van der Waals surface area contributed by atoms with Crippen LogP contribution in [0.25, 0.3) is 0 Å². The van der Waals surface area contributed by atoms with Gasteiger partial charge in [-0.1, -0.05) is 12.8 Å². The minimum atomic E-state index is -3.02. The molecule has 0 aromatic heterocycles. The highest BCUT2D eigenvalue weighted by Gasteiger charge is 2.20. The molecule has 1 fully saturated rings. The Kier molecular flexibility index (Phi) is 5.56. The predicted molar refractivity (Wildman–Crippen MR) is 62.3 cm³/mol. The fourth-order valence-electron chi connectivity index (χ4n) is 1.54. The molecule has 90 valence electrons. The lowest BCUT2D eigenvalue weighted by atomic mass is 10.2. The molecule has 4 nitrogen and oxygen atoms in total. The van der Waals surface area contributed by atoms with Gasteiger partial charge in [-0.25, -0.2) is 13.1 Å². The highest BCUT2D eigenvalue weighted by atomic mass is 32.2. The van der Waals surface area contributed by atoms with Gasteiger partial charge in [0.25, 0.3) is 0 Å². The summed E-state index contributed by atoms with van der Waals surface area (Å²) in [4.78, 5) is 0. The molecule has 0 bridgehead atoms. The first kappa shape index (κ1) is 12.9. The monoisotopic (exact) mass is 234 g/mol. The van der Waals surface area contributed by atoms with Gasteiger partial charge in [-0.15, -0.1) is 0 Å². The molecular formula is C10H22N2O2S. The van der Waals surface area contributed by atoms with Crippen molar-refractivity contribution >= 4 is 10.0 Å². The number of sulfonamides is 1. The maximum Gasteiger partial charge on any atom is 0.211 e. The van der Waals surface area contributed by atoms with Crippen molar-refractivity contribution in [1.82, 2.24) is 10.0 Å². The van der Waals surface area contributed by atoms with Gasteiger partial charge in [0.2, 0.25) is 10.0 Å². The number of hydrogen-bond acceptors (Lipinski definition) is 3. The quantitative estimate of drug-likeness (QED) is 0.578. The summed E-state index contributed by atoms with van der Waals surface area (Å²) >= 11 is 0. The maximum absolute atomic E-state index is 11.4. The summed E-state index contributed by atoms with van der Waals surface area (Å²) in [5.74, 6) is 1.12. The van der Waals surface area contributed by atoms with Gasteiger partial charge in [-0.05, 0) is 38.8 Å². The van der Waals surface area contributed by atoms with E-state index in [1.54, 1.807) is 0 Å². The van der Waals surface area contributed by atoms with Gasteiger partial charge in [-0.3, -0.25) is 0 Å². The summed E-state index contributed by atoms with van der Waals surface area (Å²) < 4.78 is 25.5. The SMILES string of the molecule is CNCCCS(=O)(=O)NCCCC1CC1. The summed E-state index contributed by atoms with van der Waals surface area (Å²) in [5.41, 5.74) is 0. The lowest BCUT2D eigenvalue weighted by molar-refractivity contribution is 0.569. The first-order chi connectivity index (χ1) is 7.14. The standard InChI is InChI=1S/C10H22N2O2S/c1-11-7-3-9-15(13,14)12-8-2-4-10-5-6-10/h10-12H,2-9H2,1H3. The average molecular weight is 234 g/mol. The van der Waals surface area contributed by atoms with Crippen molar-refractivity contribution in [2.75, 3.05) is 25.9 Å². The van der Waals surface area contributed by atoms with Crippen molar-refractivity contribution in [3.63, 3.8) is 0 Å². The first-order valence-electron chi connectivity index (χ1n) is 5.76. The fourth-order valence-corrected chi connectivity index (χ4v) is 2.66. The molecule has 0 radical (unpaired) electrons. The topological polar surface area (TPSA) is 58.2 Å². The molecule has 1 saturated carbocycles. The zero-order chi connectivity index (χ0) is 11.1. The molecule has 5 heteroatoms. The summed E-state index contributed by atoms with van der Waals surface area (Å²) in [5, 5.41) is 2.94. The van der Waals surface area contributed by atoms with Crippen LogP contribution in [0.1, 0.15) is 32.1 Å². The number of hydrogen-bond donors (Lipinski definition) is 2. The minimum absolute atomic E-state index is 0.233. The van der Waals surface area contributed by atoms with Crippen LogP contribution in [0.15, 0.2) is 0 Å². The molecule has 1 rings (SSSR count). The molecule has 0 heterocycles. The Bertz CT molecular complexity index is 261. The third-order valence-electron chi connectivity index (χ3n) is 2.65. The summed E-state index contributed by atoms with van der Waals surface area (Å²) in [7, 11) is -1.19. The normalized spacial score (nSPS) is 16.9. The van der Waals surface area contributed by atoms with E-state index >= 15 is 0 Å². The van der Waals surface area contributed by atoms with Gasteiger partial charge in [0.15, 0.2) is 0 Å². The van der Waals surface area contributed by atoms with E-state index in [0.717, 1.165) is 18.9 Å². The molecule has 0 spiro atoms. The zero-order valence-corrected chi connectivity index (χ0v) is 10.3. The average Bonchev–Trinajstić information content (AvgIpc) is 2.96. The Hall–Kier alpha value is -0.130. The third-order valence-corrected chi connectivity index (χ3v) is 4.12. The Morgan fingerprint density at radius 3 is 2.53 bits per heavy atom. The van der Waals surface area contributed by atoms with Crippen LogP contribution in [-0.2, 0) is 10.0 Å². The molecule has 1 aliphatic carbocycles. The number of nitrogens with one attached hydrogen (secondary N) is 2. The van der Waals surface area contributed by atoms with Gasteiger partial charge in [0.05, 0.1) is 5.75 Å². The first-order valence-corrected chi connectivity index (χ1v) is 7.41. The van der Waals surface area contributed by atoms with Crippen LogP contribution in [-0.4, -0.2) is 34.3 Å². The maximum atomic E-state index is 11.4. The van der Waals surface area contributed by atoms with E-state index in [1.807, 2.05) is 7.05 Å². The van der Waals surface area contributed by atoms with Crippen molar-refractivity contribution in [1.29, 1.82) is 0 Å². The van der Waals surface area contributed by atoms with Crippen LogP contribution in [0.5, 0.6) is 0 Å². The molecule has 0 amide bonds. The molecule has 0 aromatic carbocycles. The van der Waals surface area contributed by atoms with Gasteiger partial charge in [0, 0.05) is 6.54 Å². The smallest absolute Gasteiger partial charge is 0.211 e. The van der Waals surface area contributed by atoms with Gasteiger partial charge < -0.3 is 5.32 Å². The van der Waals surface area contributed by atoms with Crippen LogP contribution in [0.3, 0.4) is 0 Å². The van der Waals surface area contributed by atoms with E-state index in [4.69, 9.17) is 0 Å². The van der Waals surface area contributed by atoms with E-state index in [1.165, 1.54) is 19.3 Å². The zero-order valence-electron chi connectivity index (χ0n) is 9.46. The van der Waals surface area contributed by atoms with E-state index in [9.17, 15) is 8.42 Å². The van der Waals surface area contributed by atoms with Crippen molar-refractivity contribution < 1.29 is 8.42 Å². The highest BCUT2D eigenvalue weighted by molar-refractivity contribution is 7.89. The fraction of sp³-hybridized carbons (Fsp3) is 1.00. The second-order valence-electron chi connectivity index (χ2n) is 4.26. The molecule has 0 atom stereocenters. The lowest BCUT2D eigenvalue weighted by Gasteiger charge is -2.05. The van der Waals surface area contributed by atoms with Gasteiger partial charge >= 0.3 is 0 Å². The van der Waals surface area contributed by atoms with E-state index in [0.29, 0.717) is 13.0 Å². The Morgan fingerprint density at radius 2 is 1.93 bits per heavy atom. The van der Waals surface area contributed by atoms with Gasteiger partial charge in [-0.2, -0.15) is 0 Å².